The Hall–Kier alpha value is -3.06. The summed E-state index contributed by atoms with van der Waals surface area (Å²) in [6.07, 6.45) is 3.25. The van der Waals surface area contributed by atoms with Gasteiger partial charge in [-0.15, -0.1) is 0 Å². The maximum atomic E-state index is 12.0. The van der Waals surface area contributed by atoms with Gasteiger partial charge in [-0.3, -0.25) is 9.59 Å². The van der Waals surface area contributed by atoms with Crippen molar-refractivity contribution < 1.29 is 19.1 Å². The van der Waals surface area contributed by atoms with Gasteiger partial charge >= 0.3 is 0 Å². The standard InChI is InChI=1S/C23H27N3O4/c1-14(19-3-2-4-20-22(19)30-13-29-20)26-18-10-9-17(11-18)15-5-7-16(8-6-15)23(28)25-12-21(24)27/h2-8,14,17-18,26H,9-13H2,1H3,(H2,24,27)(H,25,28)/t14-,17-,18+/m1/s1. The van der Waals surface area contributed by atoms with Gasteiger partial charge in [0.1, 0.15) is 0 Å². The van der Waals surface area contributed by atoms with Crippen molar-refractivity contribution >= 4 is 11.8 Å². The molecule has 1 saturated carbocycles. The molecular formula is C23H27N3O4. The van der Waals surface area contributed by atoms with Crippen molar-refractivity contribution in [3.8, 4) is 11.5 Å². The molecule has 2 aromatic rings. The molecule has 158 valence electrons. The largest absolute Gasteiger partial charge is 0.454 e. The molecule has 4 rings (SSSR count). The fraction of sp³-hybridized carbons (Fsp3) is 0.391. The van der Waals surface area contributed by atoms with E-state index in [2.05, 4.69) is 23.6 Å². The molecule has 7 nitrogen and oxygen atoms in total. The topological polar surface area (TPSA) is 103 Å². The number of fused-ring (bicyclic) bond motifs is 1. The summed E-state index contributed by atoms with van der Waals surface area (Å²) in [6.45, 7) is 2.28. The minimum atomic E-state index is -0.557. The number of ether oxygens (including phenoxy) is 2. The van der Waals surface area contributed by atoms with E-state index >= 15 is 0 Å². The third-order valence-corrected chi connectivity index (χ3v) is 5.88. The van der Waals surface area contributed by atoms with Gasteiger partial charge in [-0.25, -0.2) is 0 Å². The molecule has 2 amide bonds. The van der Waals surface area contributed by atoms with E-state index in [1.54, 1.807) is 12.1 Å². The van der Waals surface area contributed by atoms with Crippen LogP contribution in [0.15, 0.2) is 42.5 Å². The summed E-state index contributed by atoms with van der Waals surface area (Å²) in [6, 6.07) is 14.2. The normalized spacial score (nSPS) is 20.7. The highest BCUT2D eigenvalue weighted by atomic mass is 16.7. The van der Waals surface area contributed by atoms with Crippen molar-refractivity contribution in [3.05, 3.63) is 59.2 Å². The number of nitrogens with one attached hydrogen (secondary N) is 2. The quantitative estimate of drug-likeness (QED) is 0.652. The summed E-state index contributed by atoms with van der Waals surface area (Å²) in [7, 11) is 0. The maximum absolute atomic E-state index is 12.0. The molecule has 0 radical (unpaired) electrons. The number of hydrogen-bond donors (Lipinski definition) is 3. The van der Waals surface area contributed by atoms with Gasteiger partial charge in [-0.05, 0) is 55.9 Å². The van der Waals surface area contributed by atoms with Crippen molar-refractivity contribution in [2.75, 3.05) is 13.3 Å². The molecule has 30 heavy (non-hydrogen) atoms. The summed E-state index contributed by atoms with van der Waals surface area (Å²) in [5.74, 6) is 1.26. The Bertz CT molecular complexity index is 929. The van der Waals surface area contributed by atoms with E-state index in [-0.39, 0.29) is 25.3 Å². The van der Waals surface area contributed by atoms with Crippen LogP contribution in [0.3, 0.4) is 0 Å². The molecule has 3 atom stereocenters. The lowest BCUT2D eigenvalue weighted by Crippen LogP contribution is -2.33. The SMILES string of the molecule is C[C@@H](N[C@H]1CC[C@@H](c2ccc(C(=O)NCC(N)=O)cc2)C1)c1cccc2c1OCO2. The Balaban J connectivity index is 1.34. The summed E-state index contributed by atoms with van der Waals surface area (Å²) in [4.78, 5) is 22.8. The van der Waals surface area contributed by atoms with Crippen LogP contribution in [0.4, 0.5) is 0 Å². The second kappa shape index (κ2) is 8.75. The van der Waals surface area contributed by atoms with E-state index < -0.39 is 5.91 Å². The van der Waals surface area contributed by atoms with E-state index in [4.69, 9.17) is 15.2 Å². The van der Waals surface area contributed by atoms with Gasteiger partial charge < -0.3 is 25.8 Å². The number of hydrogen-bond acceptors (Lipinski definition) is 5. The number of rotatable bonds is 7. The zero-order chi connectivity index (χ0) is 21.1. The van der Waals surface area contributed by atoms with Gasteiger partial charge in [-0.2, -0.15) is 0 Å². The van der Waals surface area contributed by atoms with Gasteiger partial charge in [0, 0.05) is 23.2 Å². The minimum Gasteiger partial charge on any atom is -0.454 e. The molecule has 1 fully saturated rings. The van der Waals surface area contributed by atoms with Gasteiger partial charge in [0.15, 0.2) is 11.5 Å². The minimum absolute atomic E-state index is 0.156. The Morgan fingerprint density at radius 2 is 1.93 bits per heavy atom. The molecular weight excluding hydrogens is 382 g/mol. The van der Waals surface area contributed by atoms with Crippen LogP contribution >= 0.6 is 0 Å². The predicted octanol–water partition coefficient (Wildman–Crippen LogP) is 2.62. The van der Waals surface area contributed by atoms with Crippen LogP contribution in [0.1, 0.15) is 59.6 Å². The number of carbonyl (C=O) groups is 2. The van der Waals surface area contributed by atoms with Gasteiger partial charge in [0.05, 0.1) is 6.54 Å². The van der Waals surface area contributed by atoms with Gasteiger partial charge in [-0.1, -0.05) is 24.3 Å². The monoisotopic (exact) mass is 409 g/mol. The Labute approximate surface area is 175 Å². The number of amides is 2. The highest BCUT2D eigenvalue weighted by Gasteiger charge is 2.28. The van der Waals surface area contributed by atoms with Crippen molar-refractivity contribution in [2.45, 2.75) is 44.2 Å². The van der Waals surface area contributed by atoms with Crippen LogP contribution in [-0.4, -0.2) is 31.2 Å². The van der Waals surface area contributed by atoms with Crippen molar-refractivity contribution in [1.82, 2.24) is 10.6 Å². The Morgan fingerprint density at radius 3 is 2.70 bits per heavy atom. The fourth-order valence-corrected chi connectivity index (χ4v) is 4.35. The number of primary amides is 1. The average molecular weight is 409 g/mol. The first kappa shape index (κ1) is 20.2. The van der Waals surface area contributed by atoms with Gasteiger partial charge in [0.2, 0.25) is 12.7 Å². The molecule has 2 aliphatic rings. The Kier molecular flexibility index (Phi) is 5.90. The second-order valence-corrected chi connectivity index (χ2v) is 7.95. The second-order valence-electron chi connectivity index (χ2n) is 7.95. The third-order valence-electron chi connectivity index (χ3n) is 5.88. The highest BCUT2D eigenvalue weighted by Crippen LogP contribution is 2.40. The van der Waals surface area contributed by atoms with Crippen LogP contribution in [0.2, 0.25) is 0 Å². The lowest BCUT2D eigenvalue weighted by atomic mass is 9.96. The first-order valence-corrected chi connectivity index (χ1v) is 10.3. The lowest BCUT2D eigenvalue weighted by molar-refractivity contribution is -0.117. The molecule has 1 aliphatic heterocycles. The van der Waals surface area contributed by atoms with E-state index in [0.29, 0.717) is 17.5 Å². The molecule has 0 bridgehead atoms. The van der Waals surface area contributed by atoms with Crippen molar-refractivity contribution in [1.29, 1.82) is 0 Å². The van der Waals surface area contributed by atoms with Crippen molar-refractivity contribution in [2.24, 2.45) is 5.73 Å². The van der Waals surface area contributed by atoms with E-state index in [1.807, 2.05) is 24.3 Å². The molecule has 7 heteroatoms. The van der Waals surface area contributed by atoms with E-state index in [1.165, 1.54) is 5.56 Å². The summed E-state index contributed by atoms with van der Waals surface area (Å²) in [5, 5.41) is 6.24. The first-order valence-electron chi connectivity index (χ1n) is 10.3. The van der Waals surface area contributed by atoms with E-state index in [0.717, 1.165) is 36.3 Å². The van der Waals surface area contributed by atoms with Crippen LogP contribution in [0.5, 0.6) is 11.5 Å². The third kappa shape index (κ3) is 4.41. The molecule has 0 spiro atoms. The van der Waals surface area contributed by atoms with E-state index in [9.17, 15) is 9.59 Å². The fourth-order valence-electron chi connectivity index (χ4n) is 4.35. The first-order chi connectivity index (χ1) is 14.5. The molecule has 0 aromatic heterocycles. The Morgan fingerprint density at radius 1 is 1.13 bits per heavy atom. The molecule has 1 aliphatic carbocycles. The number of para-hydroxylation sites is 1. The summed E-state index contributed by atoms with van der Waals surface area (Å²) >= 11 is 0. The number of benzene rings is 2. The summed E-state index contributed by atoms with van der Waals surface area (Å²) in [5.41, 5.74) is 7.95. The average Bonchev–Trinajstić information content (AvgIpc) is 3.41. The van der Waals surface area contributed by atoms with Crippen LogP contribution in [-0.2, 0) is 4.79 Å². The maximum Gasteiger partial charge on any atom is 0.251 e. The zero-order valence-electron chi connectivity index (χ0n) is 17.0. The number of nitrogens with two attached hydrogens (primary N) is 1. The zero-order valence-corrected chi connectivity index (χ0v) is 17.0. The van der Waals surface area contributed by atoms with Crippen LogP contribution in [0.25, 0.3) is 0 Å². The smallest absolute Gasteiger partial charge is 0.251 e. The highest BCUT2D eigenvalue weighted by molar-refractivity contribution is 5.96. The molecule has 0 unspecified atom stereocenters. The van der Waals surface area contributed by atoms with Crippen LogP contribution in [0, 0.1) is 0 Å². The van der Waals surface area contributed by atoms with Crippen LogP contribution < -0.4 is 25.8 Å². The molecule has 4 N–H and O–H groups in total. The molecule has 2 aromatic carbocycles. The molecule has 1 heterocycles. The summed E-state index contributed by atoms with van der Waals surface area (Å²) < 4.78 is 11.1. The number of carbonyl (C=O) groups excluding carboxylic acids is 2. The van der Waals surface area contributed by atoms with Crippen molar-refractivity contribution in [3.63, 3.8) is 0 Å². The predicted molar refractivity (Wildman–Crippen MR) is 112 cm³/mol. The lowest BCUT2D eigenvalue weighted by Gasteiger charge is -2.21. The van der Waals surface area contributed by atoms with Gasteiger partial charge in [0.25, 0.3) is 5.91 Å². The molecule has 0 saturated heterocycles.